The Hall–Kier alpha value is -0.260. The molecule has 0 bridgehead atoms. The predicted octanol–water partition coefficient (Wildman–Crippen LogP) is 3.53. The van der Waals surface area contributed by atoms with Gasteiger partial charge in [0.25, 0.3) is 0 Å². The molecule has 1 rings (SSSR count). The SMILES string of the molecule is CCC(C)=C1CCCC1C. The summed E-state index contributed by atoms with van der Waals surface area (Å²) in [7, 11) is 0. The number of rotatable bonds is 1. The Morgan fingerprint density at radius 1 is 1.60 bits per heavy atom. The van der Waals surface area contributed by atoms with E-state index in [9.17, 15) is 0 Å². The lowest BCUT2D eigenvalue weighted by Crippen LogP contribution is -1.91. The van der Waals surface area contributed by atoms with Gasteiger partial charge in [0.1, 0.15) is 0 Å². The van der Waals surface area contributed by atoms with Gasteiger partial charge in [0.05, 0.1) is 0 Å². The van der Waals surface area contributed by atoms with Crippen LogP contribution in [-0.4, -0.2) is 0 Å². The molecule has 0 aliphatic heterocycles. The number of allylic oxidation sites excluding steroid dienone is 2. The maximum Gasteiger partial charge on any atom is -0.0229 e. The average Bonchev–Trinajstić information content (AvgIpc) is 2.34. The van der Waals surface area contributed by atoms with Crippen LogP contribution in [0.4, 0.5) is 0 Å². The topological polar surface area (TPSA) is 0 Å². The van der Waals surface area contributed by atoms with E-state index in [1.165, 1.54) is 25.7 Å². The van der Waals surface area contributed by atoms with Gasteiger partial charge in [0, 0.05) is 0 Å². The van der Waals surface area contributed by atoms with Crippen LogP contribution in [0.3, 0.4) is 0 Å². The monoisotopic (exact) mass is 138 g/mol. The average molecular weight is 138 g/mol. The van der Waals surface area contributed by atoms with Gasteiger partial charge < -0.3 is 0 Å². The highest BCUT2D eigenvalue weighted by Crippen LogP contribution is 2.33. The Balaban J connectivity index is 2.69. The van der Waals surface area contributed by atoms with Gasteiger partial charge in [-0.25, -0.2) is 0 Å². The first-order valence-electron chi connectivity index (χ1n) is 4.44. The Morgan fingerprint density at radius 3 is 2.70 bits per heavy atom. The lowest BCUT2D eigenvalue weighted by atomic mass is 9.99. The molecule has 0 N–H and O–H groups in total. The summed E-state index contributed by atoms with van der Waals surface area (Å²) >= 11 is 0. The highest BCUT2D eigenvalue weighted by Gasteiger charge is 2.17. The van der Waals surface area contributed by atoms with E-state index in [4.69, 9.17) is 0 Å². The Morgan fingerprint density at radius 2 is 2.30 bits per heavy atom. The molecule has 0 heteroatoms. The molecule has 0 aromatic rings. The minimum absolute atomic E-state index is 0.889. The number of hydrogen-bond donors (Lipinski definition) is 0. The summed E-state index contributed by atoms with van der Waals surface area (Å²) in [4.78, 5) is 0. The van der Waals surface area contributed by atoms with E-state index in [1.807, 2.05) is 0 Å². The van der Waals surface area contributed by atoms with E-state index in [0.29, 0.717) is 0 Å². The summed E-state index contributed by atoms with van der Waals surface area (Å²) in [6, 6.07) is 0. The molecule has 0 nitrogen and oxygen atoms in total. The summed E-state index contributed by atoms with van der Waals surface area (Å²) < 4.78 is 0. The summed E-state index contributed by atoms with van der Waals surface area (Å²) in [5.41, 5.74) is 3.40. The fourth-order valence-corrected chi connectivity index (χ4v) is 1.88. The first-order chi connectivity index (χ1) is 4.75. The van der Waals surface area contributed by atoms with Crippen molar-refractivity contribution in [2.24, 2.45) is 5.92 Å². The normalized spacial score (nSPS) is 30.9. The zero-order chi connectivity index (χ0) is 7.56. The maximum absolute atomic E-state index is 2.36. The van der Waals surface area contributed by atoms with Crippen molar-refractivity contribution in [2.75, 3.05) is 0 Å². The van der Waals surface area contributed by atoms with Crippen molar-refractivity contribution >= 4 is 0 Å². The maximum atomic E-state index is 2.36. The van der Waals surface area contributed by atoms with Gasteiger partial charge >= 0.3 is 0 Å². The van der Waals surface area contributed by atoms with Crippen LogP contribution in [0.15, 0.2) is 11.1 Å². The Bertz CT molecular complexity index is 142. The number of hydrogen-bond acceptors (Lipinski definition) is 0. The molecule has 1 atom stereocenters. The fraction of sp³-hybridized carbons (Fsp3) is 0.800. The van der Waals surface area contributed by atoms with Crippen molar-refractivity contribution in [3.8, 4) is 0 Å². The van der Waals surface area contributed by atoms with Crippen LogP contribution in [0.1, 0.15) is 46.5 Å². The molecule has 1 saturated carbocycles. The molecule has 1 fully saturated rings. The van der Waals surface area contributed by atoms with E-state index in [1.54, 1.807) is 11.1 Å². The zero-order valence-corrected chi connectivity index (χ0v) is 7.41. The van der Waals surface area contributed by atoms with Crippen LogP contribution in [0, 0.1) is 5.92 Å². The Labute approximate surface area is 64.3 Å². The minimum atomic E-state index is 0.889. The summed E-state index contributed by atoms with van der Waals surface area (Å²) in [5, 5.41) is 0. The lowest BCUT2D eigenvalue weighted by molar-refractivity contribution is 0.689. The third-order valence-corrected chi connectivity index (χ3v) is 2.76. The summed E-state index contributed by atoms with van der Waals surface area (Å²) in [6.45, 7) is 6.91. The van der Waals surface area contributed by atoms with Gasteiger partial charge in [0.2, 0.25) is 0 Å². The van der Waals surface area contributed by atoms with Gasteiger partial charge in [-0.3, -0.25) is 0 Å². The van der Waals surface area contributed by atoms with Crippen molar-refractivity contribution in [3.63, 3.8) is 0 Å². The van der Waals surface area contributed by atoms with Crippen molar-refractivity contribution in [1.29, 1.82) is 0 Å². The molecule has 58 valence electrons. The molecule has 0 radical (unpaired) electrons. The van der Waals surface area contributed by atoms with Crippen LogP contribution < -0.4 is 0 Å². The van der Waals surface area contributed by atoms with Crippen molar-refractivity contribution < 1.29 is 0 Å². The van der Waals surface area contributed by atoms with Crippen molar-refractivity contribution in [1.82, 2.24) is 0 Å². The lowest BCUT2D eigenvalue weighted by Gasteiger charge is -2.08. The highest BCUT2D eigenvalue weighted by molar-refractivity contribution is 5.17. The highest BCUT2D eigenvalue weighted by atomic mass is 14.2. The van der Waals surface area contributed by atoms with Gasteiger partial charge in [-0.05, 0) is 38.5 Å². The largest absolute Gasteiger partial charge is 0.0741 e. The standard InChI is InChI=1S/C10H18/c1-4-8(2)10-7-5-6-9(10)3/h9H,4-7H2,1-3H3. The molecule has 0 saturated heterocycles. The van der Waals surface area contributed by atoms with Crippen molar-refractivity contribution in [2.45, 2.75) is 46.5 Å². The Kier molecular flexibility index (Phi) is 2.53. The van der Waals surface area contributed by atoms with Gasteiger partial charge in [-0.2, -0.15) is 0 Å². The second kappa shape index (κ2) is 3.23. The molecule has 1 aliphatic carbocycles. The first-order valence-corrected chi connectivity index (χ1v) is 4.44. The third kappa shape index (κ3) is 1.42. The molecule has 0 amide bonds. The van der Waals surface area contributed by atoms with Gasteiger partial charge in [-0.1, -0.05) is 25.0 Å². The van der Waals surface area contributed by atoms with E-state index >= 15 is 0 Å². The molecule has 0 spiro atoms. The van der Waals surface area contributed by atoms with Crippen LogP contribution in [0.5, 0.6) is 0 Å². The second-order valence-corrected chi connectivity index (χ2v) is 3.45. The van der Waals surface area contributed by atoms with Crippen molar-refractivity contribution in [3.05, 3.63) is 11.1 Å². The molecule has 1 unspecified atom stereocenters. The first kappa shape index (κ1) is 7.84. The van der Waals surface area contributed by atoms with Crippen LogP contribution in [0.2, 0.25) is 0 Å². The smallest absolute Gasteiger partial charge is 0.0229 e. The summed E-state index contributed by atoms with van der Waals surface area (Å²) in [6.07, 6.45) is 5.47. The second-order valence-electron chi connectivity index (χ2n) is 3.45. The van der Waals surface area contributed by atoms with Gasteiger partial charge in [0.15, 0.2) is 0 Å². The minimum Gasteiger partial charge on any atom is -0.0741 e. The molecular formula is C10H18. The fourth-order valence-electron chi connectivity index (χ4n) is 1.88. The molecular weight excluding hydrogens is 120 g/mol. The van der Waals surface area contributed by atoms with Crippen LogP contribution in [-0.2, 0) is 0 Å². The van der Waals surface area contributed by atoms with E-state index in [-0.39, 0.29) is 0 Å². The molecule has 1 aliphatic rings. The molecule has 0 aromatic heterocycles. The van der Waals surface area contributed by atoms with Crippen LogP contribution in [0.25, 0.3) is 0 Å². The van der Waals surface area contributed by atoms with Gasteiger partial charge in [-0.15, -0.1) is 0 Å². The van der Waals surface area contributed by atoms with E-state index < -0.39 is 0 Å². The quantitative estimate of drug-likeness (QED) is 0.486. The molecule has 0 heterocycles. The molecule has 10 heavy (non-hydrogen) atoms. The van der Waals surface area contributed by atoms with E-state index in [0.717, 1.165) is 5.92 Å². The third-order valence-electron chi connectivity index (χ3n) is 2.76. The predicted molar refractivity (Wildman–Crippen MR) is 46.0 cm³/mol. The van der Waals surface area contributed by atoms with E-state index in [2.05, 4.69) is 20.8 Å². The molecule has 0 aromatic carbocycles. The summed E-state index contributed by atoms with van der Waals surface area (Å²) in [5.74, 6) is 0.889. The zero-order valence-electron chi connectivity index (χ0n) is 7.41. The van der Waals surface area contributed by atoms with Crippen LogP contribution >= 0.6 is 0 Å².